The highest BCUT2D eigenvalue weighted by Gasteiger charge is 2.30. The van der Waals surface area contributed by atoms with Crippen molar-refractivity contribution in [3.8, 4) is 0 Å². The van der Waals surface area contributed by atoms with Gasteiger partial charge in [-0.05, 0) is 13.0 Å². The van der Waals surface area contributed by atoms with Crippen molar-refractivity contribution in [2.75, 3.05) is 25.5 Å². The molecule has 6 nitrogen and oxygen atoms in total. The standard InChI is InChI=1S/C12H17N3O3/c1-8-7-18-9(6-16)5-15(8)12(17)10-4-14-3-2-11(10)13/h2-4,8-9,16H,5-7H2,1H3,(H2,13,14). The van der Waals surface area contributed by atoms with Gasteiger partial charge < -0.3 is 20.5 Å². The second-order valence-electron chi connectivity index (χ2n) is 4.41. The van der Waals surface area contributed by atoms with Crippen LogP contribution in [0.25, 0.3) is 0 Å². The van der Waals surface area contributed by atoms with E-state index in [2.05, 4.69) is 4.98 Å². The lowest BCUT2D eigenvalue weighted by atomic mass is 10.1. The molecule has 2 rings (SSSR count). The zero-order chi connectivity index (χ0) is 13.1. The van der Waals surface area contributed by atoms with Crippen LogP contribution in [-0.4, -0.2) is 52.8 Å². The number of morpholine rings is 1. The maximum Gasteiger partial charge on any atom is 0.257 e. The van der Waals surface area contributed by atoms with Crippen LogP contribution in [0.4, 0.5) is 5.69 Å². The largest absolute Gasteiger partial charge is 0.398 e. The van der Waals surface area contributed by atoms with Crippen molar-refractivity contribution in [1.82, 2.24) is 9.88 Å². The molecule has 0 spiro atoms. The molecule has 1 aromatic rings. The van der Waals surface area contributed by atoms with E-state index in [1.807, 2.05) is 6.92 Å². The molecule has 3 N–H and O–H groups in total. The van der Waals surface area contributed by atoms with Gasteiger partial charge in [0.25, 0.3) is 5.91 Å². The van der Waals surface area contributed by atoms with Gasteiger partial charge in [0.05, 0.1) is 30.9 Å². The average Bonchev–Trinajstić information content (AvgIpc) is 2.39. The maximum atomic E-state index is 12.4. The molecule has 0 bridgehead atoms. The molecule has 2 atom stereocenters. The first-order valence-corrected chi connectivity index (χ1v) is 5.86. The molecular weight excluding hydrogens is 234 g/mol. The van der Waals surface area contributed by atoms with E-state index in [4.69, 9.17) is 15.6 Å². The van der Waals surface area contributed by atoms with Crippen molar-refractivity contribution in [2.24, 2.45) is 0 Å². The van der Waals surface area contributed by atoms with E-state index < -0.39 is 0 Å². The van der Waals surface area contributed by atoms with E-state index in [0.717, 1.165) is 0 Å². The van der Waals surface area contributed by atoms with E-state index in [0.29, 0.717) is 24.4 Å². The van der Waals surface area contributed by atoms with Gasteiger partial charge in [-0.2, -0.15) is 0 Å². The predicted molar refractivity (Wildman–Crippen MR) is 66.0 cm³/mol. The fourth-order valence-electron chi connectivity index (χ4n) is 1.95. The van der Waals surface area contributed by atoms with E-state index in [1.165, 1.54) is 6.20 Å². The van der Waals surface area contributed by atoms with Crippen LogP contribution in [0.2, 0.25) is 0 Å². The number of carbonyl (C=O) groups is 1. The van der Waals surface area contributed by atoms with Gasteiger partial charge in [0.1, 0.15) is 0 Å². The Morgan fingerprint density at radius 3 is 3.17 bits per heavy atom. The molecule has 0 aromatic carbocycles. The van der Waals surface area contributed by atoms with Gasteiger partial charge in [-0.3, -0.25) is 9.78 Å². The minimum Gasteiger partial charge on any atom is -0.398 e. The highest BCUT2D eigenvalue weighted by molar-refractivity contribution is 5.99. The van der Waals surface area contributed by atoms with Crippen LogP contribution < -0.4 is 5.73 Å². The molecule has 2 unspecified atom stereocenters. The van der Waals surface area contributed by atoms with Crippen molar-refractivity contribution in [3.05, 3.63) is 24.0 Å². The molecule has 98 valence electrons. The summed E-state index contributed by atoms with van der Waals surface area (Å²) in [6.45, 7) is 2.58. The summed E-state index contributed by atoms with van der Waals surface area (Å²) in [7, 11) is 0. The van der Waals surface area contributed by atoms with Crippen molar-refractivity contribution in [3.63, 3.8) is 0 Å². The summed E-state index contributed by atoms with van der Waals surface area (Å²) in [5.41, 5.74) is 6.58. The van der Waals surface area contributed by atoms with Crippen LogP contribution in [0, 0.1) is 0 Å². The first-order chi connectivity index (χ1) is 8.63. The Morgan fingerprint density at radius 1 is 1.72 bits per heavy atom. The number of carbonyl (C=O) groups excluding carboxylic acids is 1. The summed E-state index contributed by atoms with van der Waals surface area (Å²) in [6.07, 6.45) is 2.68. The van der Waals surface area contributed by atoms with Gasteiger partial charge in [0, 0.05) is 24.6 Å². The van der Waals surface area contributed by atoms with E-state index in [1.54, 1.807) is 17.2 Å². The zero-order valence-electron chi connectivity index (χ0n) is 10.2. The number of hydrogen-bond acceptors (Lipinski definition) is 5. The zero-order valence-corrected chi connectivity index (χ0v) is 10.2. The Hall–Kier alpha value is -1.66. The van der Waals surface area contributed by atoms with Crippen molar-refractivity contribution in [2.45, 2.75) is 19.1 Å². The molecule has 1 aliphatic heterocycles. The number of amides is 1. The predicted octanol–water partition coefficient (Wildman–Crippen LogP) is -0.114. The van der Waals surface area contributed by atoms with Crippen LogP contribution in [0.5, 0.6) is 0 Å². The van der Waals surface area contributed by atoms with Gasteiger partial charge in [-0.15, -0.1) is 0 Å². The van der Waals surface area contributed by atoms with E-state index in [-0.39, 0.29) is 24.7 Å². The number of aliphatic hydroxyl groups is 1. The quantitative estimate of drug-likeness (QED) is 0.765. The highest BCUT2D eigenvalue weighted by atomic mass is 16.5. The number of hydrogen-bond donors (Lipinski definition) is 2. The molecule has 0 saturated carbocycles. The normalized spacial score (nSPS) is 24.0. The van der Waals surface area contributed by atoms with Crippen LogP contribution >= 0.6 is 0 Å². The van der Waals surface area contributed by atoms with Crippen LogP contribution in [0.15, 0.2) is 18.5 Å². The Morgan fingerprint density at radius 2 is 2.50 bits per heavy atom. The topological polar surface area (TPSA) is 88.7 Å². The molecular formula is C12H17N3O3. The first-order valence-electron chi connectivity index (χ1n) is 5.86. The fourth-order valence-corrected chi connectivity index (χ4v) is 1.95. The second kappa shape index (κ2) is 5.32. The highest BCUT2D eigenvalue weighted by Crippen LogP contribution is 2.18. The smallest absolute Gasteiger partial charge is 0.257 e. The Bertz CT molecular complexity index is 438. The monoisotopic (exact) mass is 251 g/mol. The summed E-state index contributed by atoms with van der Waals surface area (Å²) in [5.74, 6) is -0.171. The Balaban J connectivity index is 2.19. The third-order valence-electron chi connectivity index (χ3n) is 3.06. The number of ether oxygens (including phenoxy) is 1. The fraction of sp³-hybridized carbons (Fsp3) is 0.500. The third-order valence-corrected chi connectivity index (χ3v) is 3.06. The summed E-state index contributed by atoms with van der Waals surface area (Å²) in [5, 5.41) is 9.10. The van der Waals surface area contributed by atoms with Gasteiger partial charge in [0.15, 0.2) is 0 Å². The lowest BCUT2D eigenvalue weighted by molar-refractivity contribution is -0.0667. The number of anilines is 1. The van der Waals surface area contributed by atoms with Crippen LogP contribution in [-0.2, 0) is 4.74 Å². The van der Waals surface area contributed by atoms with Crippen molar-refractivity contribution >= 4 is 11.6 Å². The lowest BCUT2D eigenvalue weighted by Crippen LogP contribution is -2.52. The number of pyridine rings is 1. The molecule has 0 aliphatic carbocycles. The molecule has 0 radical (unpaired) electrons. The minimum absolute atomic E-state index is 0.0418. The van der Waals surface area contributed by atoms with E-state index in [9.17, 15) is 4.79 Å². The molecule has 1 aromatic heterocycles. The summed E-state index contributed by atoms with van der Waals surface area (Å²) >= 11 is 0. The third kappa shape index (κ3) is 2.44. The molecule has 1 fully saturated rings. The number of nitrogen functional groups attached to an aromatic ring is 1. The molecule has 18 heavy (non-hydrogen) atoms. The van der Waals surface area contributed by atoms with Gasteiger partial charge in [-0.25, -0.2) is 0 Å². The van der Waals surface area contributed by atoms with Crippen LogP contribution in [0.3, 0.4) is 0 Å². The number of nitrogens with zero attached hydrogens (tertiary/aromatic N) is 2. The van der Waals surface area contributed by atoms with Gasteiger partial charge >= 0.3 is 0 Å². The summed E-state index contributed by atoms with van der Waals surface area (Å²) < 4.78 is 5.40. The van der Waals surface area contributed by atoms with E-state index >= 15 is 0 Å². The summed E-state index contributed by atoms with van der Waals surface area (Å²) in [6, 6.07) is 1.56. The van der Waals surface area contributed by atoms with Crippen LogP contribution in [0.1, 0.15) is 17.3 Å². The number of aromatic nitrogens is 1. The van der Waals surface area contributed by atoms with Gasteiger partial charge in [0.2, 0.25) is 0 Å². The lowest BCUT2D eigenvalue weighted by Gasteiger charge is -2.37. The SMILES string of the molecule is CC1COC(CO)CN1C(=O)c1cnccc1N. The van der Waals surface area contributed by atoms with Gasteiger partial charge in [-0.1, -0.05) is 0 Å². The summed E-state index contributed by atoms with van der Waals surface area (Å²) in [4.78, 5) is 17.9. The number of aliphatic hydroxyl groups excluding tert-OH is 1. The molecule has 1 amide bonds. The first kappa shape index (κ1) is 12.8. The second-order valence-corrected chi connectivity index (χ2v) is 4.41. The Kier molecular flexibility index (Phi) is 3.78. The molecule has 6 heteroatoms. The maximum absolute atomic E-state index is 12.4. The minimum atomic E-state index is -0.331. The molecule has 1 saturated heterocycles. The number of rotatable bonds is 2. The van der Waals surface area contributed by atoms with Crippen molar-refractivity contribution < 1.29 is 14.6 Å². The molecule has 2 heterocycles. The molecule has 1 aliphatic rings. The Labute approximate surface area is 105 Å². The number of nitrogens with two attached hydrogens (primary N) is 1. The average molecular weight is 251 g/mol. The van der Waals surface area contributed by atoms with Crippen molar-refractivity contribution in [1.29, 1.82) is 0 Å².